The number of nitrogens with one attached hydrogen (secondary N) is 1. The van der Waals surface area contributed by atoms with Gasteiger partial charge in [0.15, 0.2) is 0 Å². The second-order valence-corrected chi connectivity index (χ2v) is 5.29. The first-order valence-corrected chi connectivity index (χ1v) is 6.63. The van der Waals surface area contributed by atoms with E-state index in [0.29, 0.717) is 21.3 Å². The number of rotatable bonds is 2. The highest BCUT2D eigenvalue weighted by molar-refractivity contribution is 9.10. The zero-order valence-corrected chi connectivity index (χ0v) is 12.2. The Bertz CT molecular complexity index is 601. The fraction of sp³-hybridized carbons (Fsp3) is 0. The summed E-state index contributed by atoms with van der Waals surface area (Å²) in [7, 11) is 0. The molecule has 0 saturated heterocycles. The third kappa shape index (κ3) is 3.25. The van der Waals surface area contributed by atoms with Crippen LogP contribution in [0.15, 0.2) is 46.9 Å². The molecule has 0 aliphatic heterocycles. The normalized spacial score (nSPS) is 10.2. The lowest BCUT2D eigenvalue weighted by atomic mass is 10.2. The van der Waals surface area contributed by atoms with Gasteiger partial charge in [-0.15, -0.1) is 0 Å². The number of carbonyl (C=O) groups excluding carboxylic acids is 1. The average molecular weight is 345 g/mol. The fourth-order valence-corrected chi connectivity index (χ4v) is 2.09. The molecule has 1 N–H and O–H groups in total. The Labute approximate surface area is 123 Å². The van der Waals surface area contributed by atoms with E-state index in [1.54, 1.807) is 42.5 Å². The predicted molar refractivity (Wildman–Crippen MR) is 78.6 cm³/mol. The molecule has 0 spiro atoms. The van der Waals surface area contributed by atoms with Crippen LogP contribution in [0.25, 0.3) is 0 Å². The van der Waals surface area contributed by atoms with Gasteiger partial charge in [0.2, 0.25) is 0 Å². The van der Waals surface area contributed by atoms with E-state index in [4.69, 9.17) is 23.2 Å². The number of amides is 1. The van der Waals surface area contributed by atoms with Gasteiger partial charge in [-0.2, -0.15) is 0 Å². The van der Waals surface area contributed by atoms with E-state index in [1.165, 1.54) is 0 Å². The molecule has 2 rings (SSSR count). The van der Waals surface area contributed by atoms with Gasteiger partial charge in [0.1, 0.15) is 0 Å². The Morgan fingerprint density at radius 2 is 1.89 bits per heavy atom. The summed E-state index contributed by atoms with van der Waals surface area (Å²) in [5.74, 6) is -0.216. The van der Waals surface area contributed by atoms with E-state index in [2.05, 4.69) is 21.2 Å². The Balaban J connectivity index is 2.18. The van der Waals surface area contributed by atoms with Gasteiger partial charge in [0.25, 0.3) is 5.91 Å². The van der Waals surface area contributed by atoms with Crippen molar-refractivity contribution >= 4 is 50.7 Å². The van der Waals surface area contributed by atoms with Crippen molar-refractivity contribution in [2.75, 3.05) is 5.32 Å². The molecule has 0 unspecified atom stereocenters. The summed E-state index contributed by atoms with van der Waals surface area (Å²) >= 11 is 15.0. The van der Waals surface area contributed by atoms with E-state index in [1.807, 2.05) is 0 Å². The second kappa shape index (κ2) is 5.74. The van der Waals surface area contributed by atoms with Gasteiger partial charge in [-0.05, 0) is 52.3 Å². The van der Waals surface area contributed by atoms with Crippen LogP contribution in [0.4, 0.5) is 5.69 Å². The monoisotopic (exact) mass is 343 g/mol. The molecule has 0 saturated carbocycles. The molecule has 0 heterocycles. The summed E-state index contributed by atoms with van der Waals surface area (Å²) in [6.45, 7) is 0. The van der Waals surface area contributed by atoms with E-state index in [0.717, 1.165) is 4.47 Å². The van der Waals surface area contributed by atoms with E-state index >= 15 is 0 Å². The molecule has 18 heavy (non-hydrogen) atoms. The number of hydrogen-bond donors (Lipinski definition) is 1. The van der Waals surface area contributed by atoms with Gasteiger partial charge in [-0.3, -0.25) is 4.79 Å². The van der Waals surface area contributed by atoms with Crippen LogP contribution in [-0.4, -0.2) is 5.91 Å². The molecule has 0 aromatic heterocycles. The maximum Gasteiger partial charge on any atom is 0.255 e. The van der Waals surface area contributed by atoms with Crippen molar-refractivity contribution in [2.45, 2.75) is 0 Å². The van der Waals surface area contributed by atoms with Gasteiger partial charge in [0, 0.05) is 20.7 Å². The fourth-order valence-electron chi connectivity index (χ4n) is 1.41. The van der Waals surface area contributed by atoms with Crippen LogP contribution >= 0.6 is 39.1 Å². The SMILES string of the molecule is O=C(Nc1ccc(Cl)c(Br)c1)c1cccc(Cl)c1. The zero-order valence-electron chi connectivity index (χ0n) is 9.08. The number of benzene rings is 2. The van der Waals surface area contributed by atoms with Crippen molar-refractivity contribution < 1.29 is 4.79 Å². The van der Waals surface area contributed by atoms with Crippen molar-refractivity contribution in [2.24, 2.45) is 0 Å². The van der Waals surface area contributed by atoms with Crippen LogP contribution in [0.5, 0.6) is 0 Å². The summed E-state index contributed by atoms with van der Waals surface area (Å²) in [5.41, 5.74) is 1.17. The molecular weight excluding hydrogens is 337 g/mol. The first kappa shape index (κ1) is 13.4. The van der Waals surface area contributed by atoms with Crippen LogP contribution in [0, 0.1) is 0 Å². The lowest BCUT2D eigenvalue weighted by Crippen LogP contribution is -2.11. The highest BCUT2D eigenvalue weighted by Crippen LogP contribution is 2.25. The highest BCUT2D eigenvalue weighted by Gasteiger charge is 2.07. The minimum Gasteiger partial charge on any atom is -0.322 e. The van der Waals surface area contributed by atoms with Gasteiger partial charge in [-0.1, -0.05) is 29.3 Å². The number of carbonyl (C=O) groups is 1. The quantitative estimate of drug-likeness (QED) is 0.815. The molecule has 0 radical (unpaired) electrons. The predicted octanol–water partition coefficient (Wildman–Crippen LogP) is 5.01. The molecule has 0 aliphatic rings. The molecule has 0 fully saturated rings. The maximum absolute atomic E-state index is 11.9. The van der Waals surface area contributed by atoms with Crippen molar-refractivity contribution in [1.29, 1.82) is 0 Å². The van der Waals surface area contributed by atoms with Crippen LogP contribution in [-0.2, 0) is 0 Å². The minimum atomic E-state index is -0.216. The molecule has 0 atom stereocenters. The molecular formula is C13H8BrCl2NO. The number of halogens is 3. The van der Waals surface area contributed by atoms with Crippen molar-refractivity contribution in [3.63, 3.8) is 0 Å². The van der Waals surface area contributed by atoms with E-state index in [-0.39, 0.29) is 5.91 Å². The summed E-state index contributed by atoms with van der Waals surface area (Å²) in [6.07, 6.45) is 0. The topological polar surface area (TPSA) is 29.1 Å². The van der Waals surface area contributed by atoms with Crippen molar-refractivity contribution in [3.8, 4) is 0 Å². The lowest BCUT2D eigenvalue weighted by molar-refractivity contribution is 0.102. The van der Waals surface area contributed by atoms with Gasteiger partial charge in [0.05, 0.1) is 5.02 Å². The molecule has 0 bridgehead atoms. The minimum absolute atomic E-state index is 0.216. The first-order valence-electron chi connectivity index (χ1n) is 5.08. The third-order valence-corrected chi connectivity index (χ3v) is 3.71. The van der Waals surface area contributed by atoms with Crippen LogP contribution in [0.2, 0.25) is 10.0 Å². The van der Waals surface area contributed by atoms with Gasteiger partial charge >= 0.3 is 0 Å². The molecule has 5 heteroatoms. The van der Waals surface area contributed by atoms with Gasteiger partial charge < -0.3 is 5.32 Å². The van der Waals surface area contributed by atoms with Crippen LogP contribution in [0.3, 0.4) is 0 Å². The van der Waals surface area contributed by atoms with Crippen molar-refractivity contribution in [3.05, 3.63) is 62.5 Å². The zero-order chi connectivity index (χ0) is 13.1. The summed E-state index contributed by atoms with van der Waals surface area (Å²) in [5, 5.41) is 3.89. The Morgan fingerprint density at radius 1 is 1.11 bits per heavy atom. The molecule has 1 amide bonds. The summed E-state index contributed by atoms with van der Waals surface area (Å²) in [4.78, 5) is 11.9. The number of anilines is 1. The van der Waals surface area contributed by atoms with Crippen LogP contribution < -0.4 is 5.32 Å². The average Bonchev–Trinajstić information content (AvgIpc) is 2.34. The van der Waals surface area contributed by atoms with Crippen molar-refractivity contribution in [1.82, 2.24) is 0 Å². The summed E-state index contributed by atoms with van der Waals surface area (Å²) < 4.78 is 0.730. The molecule has 0 aliphatic carbocycles. The largest absolute Gasteiger partial charge is 0.322 e. The Morgan fingerprint density at radius 3 is 2.56 bits per heavy atom. The molecule has 92 valence electrons. The molecule has 2 nitrogen and oxygen atoms in total. The smallest absolute Gasteiger partial charge is 0.255 e. The Hall–Kier alpha value is -1.03. The third-order valence-electron chi connectivity index (χ3n) is 2.26. The lowest BCUT2D eigenvalue weighted by Gasteiger charge is -2.06. The summed E-state index contributed by atoms with van der Waals surface area (Å²) in [6, 6.07) is 11.9. The van der Waals surface area contributed by atoms with E-state index < -0.39 is 0 Å². The maximum atomic E-state index is 11.9. The molecule has 2 aromatic rings. The molecule has 2 aromatic carbocycles. The van der Waals surface area contributed by atoms with Crippen LogP contribution in [0.1, 0.15) is 10.4 Å². The second-order valence-electron chi connectivity index (χ2n) is 3.59. The standard InChI is InChI=1S/C13H8BrCl2NO/c14-11-7-10(4-5-12(11)16)17-13(18)8-2-1-3-9(15)6-8/h1-7H,(H,17,18). The van der Waals surface area contributed by atoms with Gasteiger partial charge in [-0.25, -0.2) is 0 Å². The first-order chi connectivity index (χ1) is 8.56. The Kier molecular flexibility index (Phi) is 4.27. The number of hydrogen-bond acceptors (Lipinski definition) is 1. The highest BCUT2D eigenvalue weighted by atomic mass is 79.9. The van der Waals surface area contributed by atoms with E-state index in [9.17, 15) is 4.79 Å².